The van der Waals surface area contributed by atoms with Crippen molar-refractivity contribution < 1.29 is 14.3 Å². The standard InChI is InChI=1S/C14H16ClNO3/c1-2-3-9-19-14(18)8-7-13(17)16-12-6-4-5-11(15)10-12/h4-8,10H,2-3,9H2,1H3,(H,16,17)/b8-7+. The SMILES string of the molecule is CCCCOC(=O)/C=C/C(=O)Nc1cccc(Cl)c1. The lowest BCUT2D eigenvalue weighted by Crippen LogP contribution is -2.09. The van der Waals surface area contributed by atoms with E-state index in [9.17, 15) is 9.59 Å². The van der Waals surface area contributed by atoms with E-state index >= 15 is 0 Å². The average Bonchev–Trinajstić information content (AvgIpc) is 2.37. The highest BCUT2D eigenvalue weighted by molar-refractivity contribution is 6.30. The molecule has 1 amide bonds. The number of hydrogen-bond donors (Lipinski definition) is 1. The number of hydrogen-bond acceptors (Lipinski definition) is 3. The van der Waals surface area contributed by atoms with Gasteiger partial charge in [0.2, 0.25) is 5.91 Å². The Morgan fingerprint density at radius 1 is 1.37 bits per heavy atom. The second-order valence-corrected chi connectivity index (χ2v) is 4.29. The predicted octanol–water partition coefficient (Wildman–Crippen LogP) is 3.18. The number of esters is 1. The van der Waals surface area contributed by atoms with Gasteiger partial charge in [-0.25, -0.2) is 4.79 Å². The molecule has 0 saturated carbocycles. The van der Waals surface area contributed by atoms with Crippen LogP contribution < -0.4 is 5.32 Å². The van der Waals surface area contributed by atoms with Gasteiger partial charge in [0.05, 0.1) is 6.61 Å². The van der Waals surface area contributed by atoms with Crippen LogP contribution in [0.15, 0.2) is 36.4 Å². The summed E-state index contributed by atoms with van der Waals surface area (Å²) in [7, 11) is 0. The maximum atomic E-state index is 11.5. The smallest absolute Gasteiger partial charge is 0.330 e. The molecule has 0 radical (unpaired) electrons. The summed E-state index contributed by atoms with van der Waals surface area (Å²) in [6.45, 7) is 2.37. The summed E-state index contributed by atoms with van der Waals surface area (Å²) in [6.07, 6.45) is 4.01. The maximum absolute atomic E-state index is 11.5. The van der Waals surface area contributed by atoms with Crippen molar-refractivity contribution in [1.29, 1.82) is 0 Å². The van der Waals surface area contributed by atoms with Crippen molar-refractivity contribution in [3.63, 3.8) is 0 Å². The second kappa shape index (κ2) is 8.32. The van der Waals surface area contributed by atoms with Crippen molar-refractivity contribution in [1.82, 2.24) is 0 Å². The van der Waals surface area contributed by atoms with Gasteiger partial charge in [-0.3, -0.25) is 4.79 Å². The number of anilines is 1. The Balaban J connectivity index is 2.40. The Hall–Kier alpha value is -1.81. The van der Waals surface area contributed by atoms with Crippen LogP contribution in [0.25, 0.3) is 0 Å². The molecular weight excluding hydrogens is 266 g/mol. The van der Waals surface area contributed by atoms with Crippen LogP contribution >= 0.6 is 11.6 Å². The summed E-state index contributed by atoms with van der Waals surface area (Å²) in [5.74, 6) is -0.926. The number of benzene rings is 1. The van der Waals surface area contributed by atoms with Gasteiger partial charge in [-0.05, 0) is 24.6 Å². The zero-order valence-electron chi connectivity index (χ0n) is 10.7. The van der Waals surface area contributed by atoms with Crippen LogP contribution in [0.1, 0.15) is 19.8 Å². The van der Waals surface area contributed by atoms with Crippen molar-refractivity contribution >= 4 is 29.2 Å². The fourth-order valence-electron chi connectivity index (χ4n) is 1.26. The van der Waals surface area contributed by atoms with E-state index in [-0.39, 0.29) is 0 Å². The van der Waals surface area contributed by atoms with Crippen LogP contribution in [0.2, 0.25) is 5.02 Å². The zero-order valence-corrected chi connectivity index (χ0v) is 11.4. The number of halogens is 1. The molecule has 19 heavy (non-hydrogen) atoms. The molecule has 1 N–H and O–H groups in total. The predicted molar refractivity (Wildman–Crippen MR) is 75.1 cm³/mol. The summed E-state index contributed by atoms with van der Waals surface area (Å²) in [5, 5.41) is 3.12. The molecule has 0 atom stereocenters. The highest BCUT2D eigenvalue weighted by atomic mass is 35.5. The molecule has 4 nitrogen and oxygen atoms in total. The number of nitrogens with one attached hydrogen (secondary N) is 1. The van der Waals surface area contributed by atoms with E-state index in [4.69, 9.17) is 16.3 Å². The van der Waals surface area contributed by atoms with Crippen molar-refractivity contribution in [2.24, 2.45) is 0 Å². The molecule has 0 saturated heterocycles. The molecule has 1 aromatic carbocycles. The Kier molecular flexibility index (Phi) is 6.68. The first-order valence-electron chi connectivity index (χ1n) is 6.03. The van der Waals surface area contributed by atoms with Gasteiger partial charge in [0, 0.05) is 22.9 Å². The van der Waals surface area contributed by atoms with Crippen LogP contribution in [-0.4, -0.2) is 18.5 Å². The Labute approximate surface area is 117 Å². The van der Waals surface area contributed by atoms with E-state index in [1.165, 1.54) is 0 Å². The molecule has 0 aromatic heterocycles. The van der Waals surface area contributed by atoms with Gasteiger partial charge in [0.25, 0.3) is 0 Å². The first kappa shape index (κ1) is 15.2. The molecule has 0 aliphatic carbocycles. The molecule has 0 aliphatic heterocycles. The highest BCUT2D eigenvalue weighted by Crippen LogP contribution is 2.14. The molecule has 1 aromatic rings. The quantitative estimate of drug-likeness (QED) is 0.495. The van der Waals surface area contributed by atoms with Gasteiger partial charge < -0.3 is 10.1 Å². The highest BCUT2D eigenvalue weighted by Gasteiger charge is 2.01. The van der Waals surface area contributed by atoms with Crippen LogP contribution in [-0.2, 0) is 14.3 Å². The van der Waals surface area contributed by atoms with Gasteiger partial charge in [0.15, 0.2) is 0 Å². The van der Waals surface area contributed by atoms with Crippen molar-refractivity contribution in [3.8, 4) is 0 Å². The fraction of sp³-hybridized carbons (Fsp3) is 0.286. The van der Waals surface area contributed by atoms with E-state index in [2.05, 4.69) is 5.32 Å². The molecule has 0 spiro atoms. The van der Waals surface area contributed by atoms with Gasteiger partial charge in [-0.1, -0.05) is 31.0 Å². The minimum absolute atomic E-state index is 0.371. The number of carbonyl (C=O) groups is 2. The summed E-state index contributed by atoms with van der Waals surface area (Å²) in [4.78, 5) is 22.7. The van der Waals surface area contributed by atoms with Crippen LogP contribution in [0.4, 0.5) is 5.69 Å². The molecule has 0 aliphatic rings. The molecule has 5 heteroatoms. The number of carbonyl (C=O) groups excluding carboxylic acids is 2. The second-order valence-electron chi connectivity index (χ2n) is 3.85. The monoisotopic (exact) mass is 281 g/mol. The molecule has 102 valence electrons. The first-order chi connectivity index (χ1) is 9.11. The third-order valence-electron chi connectivity index (χ3n) is 2.21. The summed E-state index contributed by atoms with van der Waals surface area (Å²) in [5.41, 5.74) is 0.571. The lowest BCUT2D eigenvalue weighted by Gasteiger charge is -2.02. The fourth-order valence-corrected chi connectivity index (χ4v) is 1.45. The third-order valence-corrected chi connectivity index (χ3v) is 2.44. The van der Waals surface area contributed by atoms with E-state index in [1.54, 1.807) is 24.3 Å². The molecule has 1 rings (SSSR count). The molecule has 0 unspecified atom stereocenters. The first-order valence-corrected chi connectivity index (χ1v) is 6.41. The summed E-state index contributed by atoms with van der Waals surface area (Å²) in [6, 6.07) is 6.75. The number of ether oxygens (including phenoxy) is 1. The summed E-state index contributed by atoms with van der Waals surface area (Å²) >= 11 is 5.78. The molecular formula is C14H16ClNO3. The Morgan fingerprint density at radius 2 is 2.16 bits per heavy atom. The van der Waals surface area contributed by atoms with Gasteiger partial charge in [-0.2, -0.15) is 0 Å². The lowest BCUT2D eigenvalue weighted by atomic mass is 10.3. The average molecular weight is 282 g/mol. The Morgan fingerprint density at radius 3 is 2.84 bits per heavy atom. The van der Waals surface area contributed by atoms with Crippen molar-refractivity contribution in [3.05, 3.63) is 41.4 Å². The maximum Gasteiger partial charge on any atom is 0.330 e. The van der Waals surface area contributed by atoms with E-state index in [0.717, 1.165) is 25.0 Å². The van der Waals surface area contributed by atoms with Crippen LogP contribution in [0.3, 0.4) is 0 Å². The van der Waals surface area contributed by atoms with Crippen LogP contribution in [0.5, 0.6) is 0 Å². The third kappa shape index (κ3) is 6.62. The topological polar surface area (TPSA) is 55.4 Å². The number of amides is 1. The van der Waals surface area contributed by atoms with Crippen molar-refractivity contribution in [2.45, 2.75) is 19.8 Å². The minimum atomic E-state index is -0.519. The van der Waals surface area contributed by atoms with E-state index in [1.807, 2.05) is 6.92 Å². The Bertz CT molecular complexity index is 472. The zero-order chi connectivity index (χ0) is 14.1. The van der Waals surface area contributed by atoms with Crippen LogP contribution in [0, 0.1) is 0 Å². The van der Waals surface area contributed by atoms with Gasteiger partial charge in [-0.15, -0.1) is 0 Å². The number of unbranched alkanes of at least 4 members (excludes halogenated alkanes) is 1. The molecule has 0 fully saturated rings. The van der Waals surface area contributed by atoms with Crippen molar-refractivity contribution in [2.75, 3.05) is 11.9 Å². The normalized spacial score (nSPS) is 10.4. The molecule has 0 heterocycles. The van der Waals surface area contributed by atoms with E-state index in [0.29, 0.717) is 17.3 Å². The number of rotatable bonds is 6. The minimum Gasteiger partial charge on any atom is -0.463 e. The largest absolute Gasteiger partial charge is 0.463 e. The van der Waals surface area contributed by atoms with Gasteiger partial charge >= 0.3 is 5.97 Å². The lowest BCUT2D eigenvalue weighted by molar-refractivity contribution is -0.138. The van der Waals surface area contributed by atoms with Gasteiger partial charge in [0.1, 0.15) is 0 Å². The molecule has 0 bridgehead atoms. The summed E-state index contributed by atoms with van der Waals surface area (Å²) < 4.78 is 4.88. The van der Waals surface area contributed by atoms with E-state index < -0.39 is 11.9 Å².